The van der Waals surface area contributed by atoms with E-state index in [2.05, 4.69) is 15.0 Å². The number of carbonyl (C=O) groups is 1. The minimum atomic E-state index is -0.710. The molecular formula is C13H15N3O3. The molecule has 2 aromatic heterocycles. The number of methoxy groups -OCH3 is 1. The molecule has 2 N–H and O–H groups in total. The summed E-state index contributed by atoms with van der Waals surface area (Å²) in [5, 5.41) is 9.03. The smallest absolute Gasteiger partial charge is 0.306 e. The number of imidazole rings is 1. The van der Waals surface area contributed by atoms with Crippen molar-refractivity contribution in [3.05, 3.63) is 18.0 Å². The number of aromatic amines is 1. The first kappa shape index (κ1) is 12.0. The number of hydrogen-bond acceptors (Lipinski definition) is 4. The van der Waals surface area contributed by atoms with Crippen molar-refractivity contribution in [3.63, 3.8) is 0 Å². The van der Waals surface area contributed by atoms with Gasteiger partial charge in [0.15, 0.2) is 5.65 Å². The molecule has 2 aromatic rings. The predicted molar refractivity (Wildman–Crippen MR) is 68.2 cm³/mol. The van der Waals surface area contributed by atoms with Gasteiger partial charge >= 0.3 is 5.97 Å². The fraction of sp³-hybridized carbons (Fsp3) is 0.462. The summed E-state index contributed by atoms with van der Waals surface area (Å²) in [5.41, 5.74) is 1.47. The SMILES string of the molecule is COc1ccc2[nH]c(C3CCC(C(=O)O)C3)nc2n1. The molecule has 6 heteroatoms. The van der Waals surface area contributed by atoms with Gasteiger partial charge in [-0.2, -0.15) is 4.98 Å². The third-order valence-corrected chi connectivity index (χ3v) is 3.72. The third-order valence-electron chi connectivity index (χ3n) is 3.72. The third kappa shape index (κ3) is 2.14. The molecule has 2 atom stereocenters. The first-order valence-electron chi connectivity index (χ1n) is 6.31. The minimum Gasteiger partial charge on any atom is -0.481 e. The second-order valence-corrected chi connectivity index (χ2v) is 4.89. The molecule has 1 aliphatic rings. The van der Waals surface area contributed by atoms with E-state index in [9.17, 15) is 4.79 Å². The van der Waals surface area contributed by atoms with Crippen molar-refractivity contribution in [2.45, 2.75) is 25.2 Å². The maximum atomic E-state index is 11.0. The van der Waals surface area contributed by atoms with Gasteiger partial charge in [0.25, 0.3) is 0 Å². The molecule has 0 saturated heterocycles. The van der Waals surface area contributed by atoms with Crippen LogP contribution < -0.4 is 4.74 Å². The Balaban J connectivity index is 1.88. The van der Waals surface area contributed by atoms with Crippen molar-refractivity contribution >= 4 is 17.1 Å². The summed E-state index contributed by atoms with van der Waals surface area (Å²) in [6, 6.07) is 3.65. The van der Waals surface area contributed by atoms with Crippen molar-refractivity contribution in [2.24, 2.45) is 5.92 Å². The van der Waals surface area contributed by atoms with Crippen molar-refractivity contribution in [2.75, 3.05) is 7.11 Å². The Morgan fingerprint density at radius 2 is 2.26 bits per heavy atom. The lowest BCUT2D eigenvalue weighted by Gasteiger charge is -2.04. The number of fused-ring (bicyclic) bond motifs is 1. The number of carboxylic acids is 1. The summed E-state index contributed by atoms with van der Waals surface area (Å²) < 4.78 is 5.06. The second-order valence-electron chi connectivity index (χ2n) is 4.89. The van der Waals surface area contributed by atoms with Gasteiger partial charge in [0.2, 0.25) is 5.88 Å². The number of aliphatic carboxylic acids is 1. The van der Waals surface area contributed by atoms with Crippen LogP contribution in [0.3, 0.4) is 0 Å². The van der Waals surface area contributed by atoms with Gasteiger partial charge in [0, 0.05) is 12.0 Å². The zero-order valence-corrected chi connectivity index (χ0v) is 10.6. The molecule has 0 spiro atoms. The molecule has 100 valence electrons. The van der Waals surface area contributed by atoms with Crippen molar-refractivity contribution in [3.8, 4) is 5.88 Å². The maximum Gasteiger partial charge on any atom is 0.306 e. The van der Waals surface area contributed by atoms with Gasteiger partial charge in [0.1, 0.15) is 5.82 Å². The lowest BCUT2D eigenvalue weighted by Crippen LogP contribution is -2.09. The number of carboxylic acid groups (broad SMARTS) is 1. The van der Waals surface area contributed by atoms with E-state index >= 15 is 0 Å². The average molecular weight is 261 g/mol. The minimum absolute atomic E-state index is 0.182. The Labute approximate surface area is 109 Å². The number of nitrogens with zero attached hydrogens (tertiary/aromatic N) is 2. The largest absolute Gasteiger partial charge is 0.481 e. The molecule has 2 heterocycles. The van der Waals surface area contributed by atoms with E-state index < -0.39 is 5.97 Å². The lowest BCUT2D eigenvalue weighted by molar-refractivity contribution is -0.141. The van der Waals surface area contributed by atoms with Crippen LogP contribution in [-0.2, 0) is 4.79 Å². The molecule has 0 aliphatic heterocycles. The van der Waals surface area contributed by atoms with Crippen molar-refractivity contribution < 1.29 is 14.6 Å². The Hall–Kier alpha value is -2.11. The van der Waals surface area contributed by atoms with E-state index in [1.165, 1.54) is 0 Å². The van der Waals surface area contributed by atoms with Crippen LogP contribution in [0.15, 0.2) is 12.1 Å². The molecule has 3 rings (SSSR count). The monoisotopic (exact) mass is 261 g/mol. The molecule has 1 fully saturated rings. The molecule has 0 radical (unpaired) electrons. The number of pyridine rings is 1. The number of ether oxygens (including phenoxy) is 1. The fourth-order valence-electron chi connectivity index (χ4n) is 2.66. The van der Waals surface area contributed by atoms with Gasteiger partial charge in [-0.05, 0) is 25.3 Å². The molecule has 0 aromatic carbocycles. The molecule has 1 saturated carbocycles. The standard InChI is InChI=1S/C13H15N3O3/c1-19-10-5-4-9-12(15-10)16-11(14-9)7-2-3-8(6-7)13(17)18/h4-5,7-8H,2-3,6H2,1H3,(H,17,18)(H,14,15,16). The normalized spacial score (nSPS) is 22.8. The van der Waals surface area contributed by atoms with Crippen LogP contribution in [0, 0.1) is 5.92 Å². The fourth-order valence-corrected chi connectivity index (χ4v) is 2.66. The predicted octanol–water partition coefficient (Wildman–Crippen LogP) is 1.93. The van der Waals surface area contributed by atoms with E-state index in [4.69, 9.17) is 9.84 Å². The van der Waals surface area contributed by atoms with Crippen LogP contribution in [0.25, 0.3) is 11.2 Å². The Morgan fingerprint density at radius 1 is 1.42 bits per heavy atom. The molecule has 0 bridgehead atoms. The topological polar surface area (TPSA) is 88.1 Å². The van der Waals surface area contributed by atoms with Crippen LogP contribution in [0.2, 0.25) is 0 Å². The molecule has 0 amide bonds. The molecule has 1 aliphatic carbocycles. The van der Waals surface area contributed by atoms with Crippen molar-refractivity contribution in [1.82, 2.24) is 15.0 Å². The zero-order valence-electron chi connectivity index (χ0n) is 10.6. The van der Waals surface area contributed by atoms with E-state index in [0.717, 1.165) is 17.8 Å². The summed E-state index contributed by atoms with van der Waals surface area (Å²) >= 11 is 0. The van der Waals surface area contributed by atoms with Crippen LogP contribution in [0.1, 0.15) is 31.0 Å². The van der Waals surface area contributed by atoms with E-state index in [-0.39, 0.29) is 11.8 Å². The molecular weight excluding hydrogens is 246 g/mol. The first-order chi connectivity index (χ1) is 9.17. The number of hydrogen-bond donors (Lipinski definition) is 2. The summed E-state index contributed by atoms with van der Waals surface area (Å²) in [6.45, 7) is 0. The number of rotatable bonds is 3. The quantitative estimate of drug-likeness (QED) is 0.881. The lowest BCUT2D eigenvalue weighted by atomic mass is 10.0. The van der Waals surface area contributed by atoms with Gasteiger partial charge in [-0.25, -0.2) is 4.98 Å². The Morgan fingerprint density at radius 3 is 2.95 bits per heavy atom. The molecule has 2 unspecified atom stereocenters. The number of nitrogens with one attached hydrogen (secondary N) is 1. The highest BCUT2D eigenvalue weighted by molar-refractivity contribution is 5.72. The highest BCUT2D eigenvalue weighted by atomic mass is 16.5. The summed E-state index contributed by atoms with van der Waals surface area (Å²) in [7, 11) is 1.57. The maximum absolute atomic E-state index is 11.0. The average Bonchev–Trinajstić information content (AvgIpc) is 3.04. The van der Waals surface area contributed by atoms with Gasteiger partial charge in [-0.15, -0.1) is 0 Å². The highest BCUT2D eigenvalue weighted by Gasteiger charge is 2.32. The molecule has 6 nitrogen and oxygen atoms in total. The van der Waals surface area contributed by atoms with E-state index in [0.29, 0.717) is 24.4 Å². The summed E-state index contributed by atoms with van der Waals surface area (Å²) in [5.74, 6) is 0.584. The van der Waals surface area contributed by atoms with Crippen LogP contribution in [0.4, 0.5) is 0 Å². The van der Waals surface area contributed by atoms with Crippen molar-refractivity contribution in [1.29, 1.82) is 0 Å². The number of H-pyrrole nitrogens is 1. The van der Waals surface area contributed by atoms with Crippen LogP contribution in [-0.4, -0.2) is 33.1 Å². The molecule has 19 heavy (non-hydrogen) atoms. The van der Waals surface area contributed by atoms with Crippen LogP contribution in [0.5, 0.6) is 5.88 Å². The summed E-state index contributed by atoms with van der Waals surface area (Å²) in [4.78, 5) is 22.9. The van der Waals surface area contributed by atoms with Crippen LogP contribution >= 0.6 is 0 Å². The Bertz CT molecular complexity index is 623. The zero-order chi connectivity index (χ0) is 13.4. The first-order valence-corrected chi connectivity index (χ1v) is 6.31. The number of aromatic nitrogens is 3. The van der Waals surface area contributed by atoms with Gasteiger partial charge in [-0.1, -0.05) is 0 Å². The Kier molecular flexibility index (Phi) is 2.85. The van der Waals surface area contributed by atoms with Gasteiger partial charge in [-0.3, -0.25) is 4.79 Å². The van der Waals surface area contributed by atoms with E-state index in [1.807, 2.05) is 6.07 Å². The second kappa shape index (κ2) is 4.53. The van der Waals surface area contributed by atoms with Gasteiger partial charge in [0.05, 0.1) is 18.5 Å². The van der Waals surface area contributed by atoms with E-state index in [1.54, 1.807) is 13.2 Å². The highest BCUT2D eigenvalue weighted by Crippen LogP contribution is 2.37. The van der Waals surface area contributed by atoms with Gasteiger partial charge < -0.3 is 14.8 Å². The summed E-state index contributed by atoms with van der Waals surface area (Å²) in [6.07, 6.45) is 2.22.